The molecule has 0 aromatic heterocycles. The van der Waals surface area contributed by atoms with Crippen molar-refractivity contribution in [1.82, 2.24) is 0 Å². The predicted molar refractivity (Wildman–Crippen MR) is 354 cm³/mol. The van der Waals surface area contributed by atoms with Crippen molar-refractivity contribution in [3.63, 3.8) is 0 Å². The lowest BCUT2D eigenvalue weighted by Gasteiger charge is -2.10. The quantitative estimate of drug-likeness (QED) is 0.134. The summed E-state index contributed by atoms with van der Waals surface area (Å²) in [5, 5.41) is 25.8. The number of allylic oxidation sites excluding steroid dienone is 2. The van der Waals surface area contributed by atoms with Crippen LogP contribution in [0.4, 0.5) is 0 Å². The molecule has 1 aliphatic rings. The van der Waals surface area contributed by atoms with Crippen molar-refractivity contribution in [2.24, 2.45) is 76.9 Å². The van der Waals surface area contributed by atoms with Crippen molar-refractivity contribution in [2.45, 2.75) is 259 Å². The average Bonchev–Trinajstić information content (AvgIpc) is 3.69. The zero-order chi connectivity index (χ0) is 60.1. The van der Waals surface area contributed by atoms with Gasteiger partial charge in [-0.15, -0.1) is 0 Å². The Kier molecular flexibility index (Phi) is 75.3. The first-order valence-corrected chi connectivity index (χ1v) is 32.0. The van der Waals surface area contributed by atoms with Crippen molar-refractivity contribution in [1.29, 1.82) is 0 Å². The van der Waals surface area contributed by atoms with E-state index in [9.17, 15) is 0 Å². The largest absolute Gasteiger partial charge is 0.508 e. The number of hydrogen-bond donors (Lipinski definition) is 4. The van der Waals surface area contributed by atoms with Gasteiger partial charge in [-0.3, -0.25) is 0 Å². The molecule has 5 heteroatoms. The second-order valence-electron chi connectivity index (χ2n) is 25.3. The fraction of sp³-hybridized carbons (Fsp3) is 0.797. The number of aliphatic hydroxyl groups is 2. The van der Waals surface area contributed by atoms with E-state index in [-0.39, 0.29) is 6.10 Å². The van der Waals surface area contributed by atoms with Gasteiger partial charge in [0.15, 0.2) is 0 Å². The zero-order valence-electron chi connectivity index (χ0n) is 56.0. The lowest BCUT2D eigenvalue weighted by Crippen LogP contribution is -2.07. The highest BCUT2D eigenvalue weighted by molar-refractivity contribution is 7.98. The average molecular weight is 1080 g/mol. The molecule has 2 unspecified atom stereocenters. The minimum absolute atomic E-state index is 0.148. The van der Waals surface area contributed by atoms with Crippen molar-refractivity contribution >= 4 is 30.0 Å². The Morgan fingerprint density at radius 1 is 0.527 bits per heavy atom. The summed E-state index contributed by atoms with van der Waals surface area (Å²) in [7, 11) is 0. The van der Waals surface area contributed by atoms with Crippen molar-refractivity contribution in [3.05, 3.63) is 71.3 Å². The molecule has 0 amide bonds. The Morgan fingerprint density at radius 2 is 0.905 bits per heavy atom. The van der Waals surface area contributed by atoms with E-state index in [1.807, 2.05) is 51.6 Å². The van der Waals surface area contributed by atoms with Crippen LogP contribution in [0.3, 0.4) is 0 Å². The summed E-state index contributed by atoms with van der Waals surface area (Å²) in [6.45, 7) is 65.6. The molecule has 0 fully saturated rings. The second kappa shape index (κ2) is 62.4. The van der Waals surface area contributed by atoms with E-state index in [4.69, 9.17) is 15.3 Å². The number of benzene rings is 2. The first-order chi connectivity index (χ1) is 34.0. The maximum atomic E-state index is 8.99. The molecule has 1 aliphatic carbocycles. The van der Waals surface area contributed by atoms with E-state index in [2.05, 4.69) is 222 Å². The van der Waals surface area contributed by atoms with Gasteiger partial charge in [0, 0.05) is 6.61 Å². The molecule has 3 nitrogen and oxygen atoms in total. The molecule has 0 radical (unpaired) electrons. The summed E-state index contributed by atoms with van der Waals surface area (Å²) in [6.07, 6.45) is 13.1. The molecule has 2 aromatic carbocycles. The van der Waals surface area contributed by atoms with Crippen LogP contribution >= 0.6 is 24.4 Å². The minimum atomic E-state index is -0.148. The van der Waals surface area contributed by atoms with Crippen LogP contribution in [0.15, 0.2) is 54.6 Å². The Morgan fingerprint density at radius 3 is 1.12 bits per heavy atom. The molecular formula is C69H140O3S2. The predicted octanol–water partition coefficient (Wildman–Crippen LogP) is 22.6. The molecule has 0 aliphatic heterocycles. The Bertz CT molecular complexity index is 1310. The van der Waals surface area contributed by atoms with Gasteiger partial charge in [-0.2, -0.15) is 24.4 Å². The van der Waals surface area contributed by atoms with E-state index in [1.54, 1.807) is 24.6 Å². The number of aliphatic hydroxyl groups excluding tert-OH is 2. The minimum Gasteiger partial charge on any atom is -0.508 e. The third-order valence-electron chi connectivity index (χ3n) is 10.8. The van der Waals surface area contributed by atoms with Crippen LogP contribution in [0.1, 0.15) is 257 Å². The number of thiol groups is 1. The smallest absolute Gasteiger partial charge is 0.115 e. The second-order valence-corrected chi connectivity index (χ2v) is 26.7. The lowest BCUT2D eigenvalue weighted by molar-refractivity contribution is 0.144. The van der Waals surface area contributed by atoms with Crippen LogP contribution in [-0.2, 0) is 12.8 Å². The molecule has 0 saturated carbocycles. The van der Waals surface area contributed by atoms with E-state index in [1.165, 1.54) is 54.5 Å². The van der Waals surface area contributed by atoms with Crippen molar-refractivity contribution < 1.29 is 15.3 Å². The number of phenolic OH excluding ortho intramolecular Hbond substituents is 1. The van der Waals surface area contributed by atoms with E-state index < -0.39 is 0 Å². The molecule has 2 aromatic rings. The van der Waals surface area contributed by atoms with Crippen LogP contribution in [-0.4, -0.2) is 45.8 Å². The van der Waals surface area contributed by atoms with Gasteiger partial charge in [0.1, 0.15) is 5.75 Å². The zero-order valence-corrected chi connectivity index (χ0v) is 57.8. The molecule has 0 heterocycles. The fourth-order valence-electron chi connectivity index (χ4n) is 4.86. The topological polar surface area (TPSA) is 60.7 Å². The van der Waals surface area contributed by atoms with E-state index in [0.29, 0.717) is 30.1 Å². The highest BCUT2D eigenvalue weighted by Crippen LogP contribution is 2.31. The third-order valence-corrected chi connectivity index (χ3v) is 12.2. The van der Waals surface area contributed by atoms with Gasteiger partial charge in [-0.05, 0) is 168 Å². The summed E-state index contributed by atoms with van der Waals surface area (Å²) in [5.41, 5.74) is 5.82. The van der Waals surface area contributed by atoms with Crippen molar-refractivity contribution in [3.8, 4) is 5.75 Å². The summed E-state index contributed by atoms with van der Waals surface area (Å²) in [5.74, 6) is 12.6. The van der Waals surface area contributed by atoms with Crippen LogP contribution in [0, 0.1) is 76.9 Å². The van der Waals surface area contributed by atoms with E-state index in [0.717, 1.165) is 77.8 Å². The van der Waals surface area contributed by atoms with Crippen LogP contribution in [0.25, 0.3) is 5.57 Å². The molecule has 3 N–H and O–H groups in total. The van der Waals surface area contributed by atoms with Crippen LogP contribution in [0.5, 0.6) is 5.75 Å². The lowest BCUT2D eigenvalue weighted by atomic mass is 9.96. The van der Waals surface area contributed by atoms with Gasteiger partial charge in [-0.1, -0.05) is 256 Å². The fourth-order valence-corrected chi connectivity index (χ4v) is 5.57. The molecule has 0 saturated heterocycles. The highest BCUT2D eigenvalue weighted by atomic mass is 32.2. The normalized spacial score (nSPS) is 11.7. The summed E-state index contributed by atoms with van der Waals surface area (Å²) < 4.78 is 0. The number of aromatic hydroxyl groups is 1. The van der Waals surface area contributed by atoms with Gasteiger partial charge in [0.25, 0.3) is 0 Å². The monoisotopic (exact) mass is 1080 g/mol. The number of hydrogen-bond acceptors (Lipinski definition) is 5. The highest BCUT2D eigenvalue weighted by Gasteiger charge is 2.13. The van der Waals surface area contributed by atoms with Crippen LogP contribution in [0.2, 0.25) is 0 Å². The molecule has 2 atom stereocenters. The van der Waals surface area contributed by atoms with Gasteiger partial charge >= 0.3 is 0 Å². The summed E-state index contributed by atoms with van der Waals surface area (Å²) >= 11 is 5.95. The number of rotatable bonds is 15. The molecule has 3 rings (SSSR count). The summed E-state index contributed by atoms with van der Waals surface area (Å²) in [6, 6.07) is 16.2. The molecule has 0 bridgehead atoms. The maximum Gasteiger partial charge on any atom is 0.115 e. The standard InChI is InChI=1S/C13H16.C10H14O.2C7H16.C6H14S.C6H14.C5H12O.C4H10O.C4H10S.C4H10.C3H8/c1-10(2)9-12-8-7-11-5-3-4-6-13(11)12;1-8(2)7-9-3-5-10(11)6-4-9;1-6(2)5-7(3)4;1-5-7(4)6(2)3;1-6(2)4-5-7-3;1-5(2)6(3)4;1-4(2)5(3)6;2*1-4(2)3-5;1-4(2)3;1-3-2/h3-6,8,10H,7,9H2,1-2H3;3-6,8,11H,7H2,1-2H3;2*6-7H,5H2,1-4H3;6H,4-5H2,1-3H3;5-6H,1-4H3;4-6H,1-3H3;2*4-5H,3H2,1-2H3;4H,1-3H3;3H2,1-2H3. The van der Waals surface area contributed by atoms with Gasteiger partial charge in [0.05, 0.1) is 6.10 Å². The molecule has 0 spiro atoms. The maximum absolute atomic E-state index is 8.99. The first kappa shape index (κ1) is 89.2. The van der Waals surface area contributed by atoms with E-state index >= 15 is 0 Å². The van der Waals surface area contributed by atoms with Crippen LogP contribution < -0.4 is 0 Å². The Labute approximate surface area is 479 Å². The van der Waals surface area contributed by atoms with Gasteiger partial charge < -0.3 is 15.3 Å². The molecule has 74 heavy (non-hydrogen) atoms. The number of thioether (sulfide) groups is 1. The van der Waals surface area contributed by atoms with Gasteiger partial charge in [-0.25, -0.2) is 0 Å². The third kappa shape index (κ3) is 87.3. The Balaban J connectivity index is -0.000000111. The SMILES string of the molecule is CC(C)C.CC(C)C(C)C.CC(C)C(C)O.CC(C)CC(C)C.CC(C)CC1=CCc2ccccc21.CC(C)CO.CC(C)CS.CC(C)Cc1ccc(O)cc1.CCC.CCC(C)C(C)C.CSCCC(C)C. The Hall–Kier alpha value is -1.40. The molecule has 446 valence electrons. The summed E-state index contributed by atoms with van der Waals surface area (Å²) in [4.78, 5) is 0. The first-order valence-electron chi connectivity index (χ1n) is 29.9. The molecular weight excluding hydrogens is 941 g/mol. The number of phenols is 1. The van der Waals surface area contributed by atoms with Gasteiger partial charge in [0.2, 0.25) is 0 Å². The van der Waals surface area contributed by atoms with Crippen molar-refractivity contribution in [2.75, 3.05) is 24.4 Å². The number of fused-ring (bicyclic) bond motifs is 1.